The minimum absolute atomic E-state index is 0. The van der Waals surface area contributed by atoms with E-state index in [1.807, 2.05) is 0 Å². The van der Waals surface area contributed by atoms with Crippen LogP contribution in [0.3, 0.4) is 0 Å². The fourth-order valence-electron chi connectivity index (χ4n) is 3.85. The topological polar surface area (TPSA) is 44.4 Å². The van der Waals surface area contributed by atoms with Crippen molar-refractivity contribution in [1.29, 1.82) is 0 Å². The van der Waals surface area contributed by atoms with Gasteiger partial charge in [0.25, 0.3) is 0 Å². The van der Waals surface area contributed by atoms with Crippen molar-refractivity contribution in [2.45, 2.75) is 76.3 Å². The number of carbonyl (C=O) groups is 1. The maximum absolute atomic E-state index is 12.2. The maximum Gasteiger partial charge on any atom is 0.234 e. The predicted octanol–water partition coefficient (Wildman–Crippen LogP) is 2.71. The van der Waals surface area contributed by atoms with E-state index in [-0.39, 0.29) is 18.3 Å². The standard InChI is InChI=1S/C18H33N3O.ClH/c22-18(20-17-5-3-1-2-4-6-17)14-21-11-9-16(10-12-21)19-13-15-7-8-15;/h15-17,19H,1-14H2,(H,20,22);1H. The molecular formula is C18H34ClN3O. The minimum atomic E-state index is 0. The Morgan fingerprint density at radius 1 is 0.870 bits per heavy atom. The third-order valence-corrected chi connectivity index (χ3v) is 5.57. The quantitative estimate of drug-likeness (QED) is 0.729. The van der Waals surface area contributed by atoms with Crippen LogP contribution >= 0.6 is 12.4 Å². The zero-order valence-corrected chi connectivity index (χ0v) is 15.2. The molecule has 2 saturated carbocycles. The highest BCUT2D eigenvalue weighted by Crippen LogP contribution is 2.28. The monoisotopic (exact) mass is 343 g/mol. The van der Waals surface area contributed by atoms with Gasteiger partial charge in [-0.2, -0.15) is 0 Å². The van der Waals surface area contributed by atoms with Crippen LogP contribution in [0.5, 0.6) is 0 Å². The molecular weight excluding hydrogens is 310 g/mol. The molecule has 0 aromatic heterocycles. The lowest BCUT2D eigenvalue weighted by Crippen LogP contribution is -2.47. The highest BCUT2D eigenvalue weighted by atomic mass is 35.5. The maximum atomic E-state index is 12.2. The summed E-state index contributed by atoms with van der Waals surface area (Å²) in [6.07, 6.45) is 12.8. The zero-order chi connectivity index (χ0) is 15.2. The van der Waals surface area contributed by atoms with Crippen LogP contribution in [0.4, 0.5) is 0 Å². The van der Waals surface area contributed by atoms with E-state index in [1.165, 1.54) is 70.8 Å². The van der Waals surface area contributed by atoms with E-state index in [0.717, 1.165) is 19.0 Å². The summed E-state index contributed by atoms with van der Waals surface area (Å²) in [7, 11) is 0. The Morgan fingerprint density at radius 2 is 1.52 bits per heavy atom. The van der Waals surface area contributed by atoms with Gasteiger partial charge >= 0.3 is 0 Å². The Bertz CT molecular complexity index is 346. The molecule has 134 valence electrons. The fourth-order valence-corrected chi connectivity index (χ4v) is 3.85. The smallest absolute Gasteiger partial charge is 0.234 e. The normalized spacial score (nSPS) is 24.7. The van der Waals surface area contributed by atoms with Crippen molar-refractivity contribution in [3.63, 3.8) is 0 Å². The van der Waals surface area contributed by atoms with Crippen LogP contribution in [0.2, 0.25) is 0 Å². The Balaban J connectivity index is 0.00000192. The van der Waals surface area contributed by atoms with Crippen LogP contribution in [-0.2, 0) is 4.79 Å². The molecule has 0 bridgehead atoms. The molecule has 0 aromatic carbocycles. The van der Waals surface area contributed by atoms with E-state index in [1.54, 1.807) is 0 Å². The molecule has 1 saturated heterocycles. The molecule has 1 heterocycles. The van der Waals surface area contributed by atoms with E-state index in [0.29, 0.717) is 18.6 Å². The highest BCUT2D eigenvalue weighted by Gasteiger charge is 2.25. The molecule has 0 spiro atoms. The van der Waals surface area contributed by atoms with Gasteiger partial charge in [0.15, 0.2) is 0 Å². The molecule has 0 atom stereocenters. The van der Waals surface area contributed by atoms with E-state index >= 15 is 0 Å². The average molecular weight is 344 g/mol. The Kier molecular flexibility index (Phi) is 8.14. The number of hydrogen-bond acceptors (Lipinski definition) is 3. The van der Waals surface area contributed by atoms with Crippen molar-refractivity contribution in [3.05, 3.63) is 0 Å². The fraction of sp³-hybridized carbons (Fsp3) is 0.944. The number of rotatable bonds is 6. The molecule has 1 aliphatic heterocycles. The first-order chi connectivity index (χ1) is 10.8. The van der Waals surface area contributed by atoms with Crippen molar-refractivity contribution in [3.8, 4) is 0 Å². The number of hydrogen-bond donors (Lipinski definition) is 2. The lowest BCUT2D eigenvalue weighted by Gasteiger charge is -2.32. The van der Waals surface area contributed by atoms with E-state index in [2.05, 4.69) is 15.5 Å². The highest BCUT2D eigenvalue weighted by molar-refractivity contribution is 5.85. The summed E-state index contributed by atoms with van der Waals surface area (Å²) in [6, 6.07) is 1.12. The first-order valence-corrected chi connectivity index (χ1v) is 9.55. The zero-order valence-electron chi connectivity index (χ0n) is 14.4. The van der Waals surface area contributed by atoms with Gasteiger partial charge in [-0.25, -0.2) is 0 Å². The Labute approximate surface area is 147 Å². The number of amides is 1. The number of halogens is 1. The molecule has 2 aliphatic carbocycles. The summed E-state index contributed by atoms with van der Waals surface area (Å²) in [6.45, 7) is 3.96. The van der Waals surface area contributed by atoms with E-state index in [4.69, 9.17) is 0 Å². The predicted molar refractivity (Wildman–Crippen MR) is 97.1 cm³/mol. The molecule has 3 fully saturated rings. The molecule has 4 nitrogen and oxygen atoms in total. The SMILES string of the molecule is Cl.O=C(CN1CCC(NCC2CC2)CC1)NC1CCCCCC1. The number of nitrogens with zero attached hydrogens (tertiary/aromatic N) is 1. The Morgan fingerprint density at radius 3 is 2.13 bits per heavy atom. The summed E-state index contributed by atoms with van der Waals surface area (Å²) in [5, 5.41) is 6.97. The average Bonchev–Trinajstić information content (AvgIpc) is 3.34. The molecule has 2 N–H and O–H groups in total. The van der Waals surface area contributed by atoms with Gasteiger partial charge in [-0.15, -0.1) is 12.4 Å². The number of piperidine rings is 1. The van der Waals surface area contributed by atoms with Crippen LogP contribution in [0.1, 0.15) is 64.2 Å². The first-order valence-electron chi connectivity index (χ1n) is 9.55. The number of likely N-dealkylation sites (tertiary alicyclic amines) is 1. The van der Waals surface area contributed by atoms with Crippen LogP contribution < -0.4 is 10.6 Å². The van der Waals surface area contributed by atoms with Crippen LogP contribution in [0.25, 0.3) is 0 Å². The number of carbonyl (C=O) groups excluding carboxylic acids is 1. The second-order valence-electron chi connectivity index (χ2n) is 7.66. The van der Waals surface area contributed by atoms with Gasteiger partial charge in [-0.1, -0.05) is 25.7 Å². The van der Waals surface area contributed by atoms with Gasteiger partial charge < -0.3 is 10.6 Å². The van der Waals surface area contributed by atoms with Crippen LogP contribution in [0.15, 0.2) is 0 Å². The van der Waals surface area contributed by atoms with Crippen molar-refractivity contribution in [1.82, 2.24) is 15.5 Å². The molecule has 0 aromatic rings. The summed E-state index contributed by atoms with van der Waals surface area (Å²) < 4.78 is 0. The summed E-state index contributed by atoms with van der Waals surface area (Å²) >= 11 is 0. The van der Waals surface area contributed by atoms with Gasteiger partial charge in [0.2, 0.25) is 5.91 Å². The summed E-state index contributed by atoms with van der Waals surface area (Å²) in [5.41, 5.74) is 0. The van der Waals surface area contributed by atoms with Crippen LogP contribution in [0, 0.1) is 5.92 Å². The molecule has 3 rings (SSSR count). The third kappa shape index (κ3) is 6.98. The molecule has 0 unspecified atom stereocenters. The molecule has 23 heavy (non-hydrogen) atoms. The summed E-state index contributed by atoms with van der Waals surface area (Å²) in [5.74, 6) is 1.21. The van der Waals surface area contributed by atoms with Crippen molar-refractivity contribution in [2.24, 2.45) is 5.92 Å². The lowest BCUT2D eigenvalue weighted by molar-refractivity contribution is -0.123. The minimum Gasteiger partial charge on any atom is -0.352 e. The molecule has 3 aliphatic rings. The second-order valence-corrected chi connectivity index (χ2v) is 7.66. The van der Waals surface area contributed by atoms with Crippen LogP contribution in [-0.4, -0.2) is 49.1 Å². The van der Waals surface area contributed by atoms with E-state index in [9.17, 15) is 4.79 Å². The Hall–Kier alpha value is -0.320. The van der Waals surface area contributed by atoms with Gasteiger partial charge in [0.1, 0.15) is 0 Å². The summed E-state index contributed by atoms with van der Waals surface area (Å²) in [4.78, 5) is 14.6. The molecule has 5 heteroatoms. The first kappa shape index (κ1) is 19.0. The second kappa shape index (κ2) is 9.85. The largest absolute Gasteiger partial charge is 0.352 e. The van der Waals surface area contributed by atoms with Gasteiger partial charge in [-0.05, 0) is 51.0 Å². The third-order valence-electron chi connectivity index (χ3n) is 5.57. The van der Waals surface area contributed by atoms with Crippen molar-refractivity contribution < 1.29 is 4.79 Å². The van der Waals surface area contributed by atoms with Crippen molar-refractivity contribution >= 4 is 18.3 Å². The molecule has 0 radical (unpaired) electrons. The van der Waals surface area contributed by atoms with Gasteiger partial charge in [0, 0.05) is 25.2 Å². The van der Waals surface area contributed by atoms with Gasteiger partial charge in [-0.3, -0.25) is 9.69 Å². The molecule has 1 amide bonds. The van der Waals surface area contributed by atoms with Gasteiger partial charge in [0.05, 0.1) is 6.54 Å². The van der Waals surface area contributed by atoms with Crippen molar-refractivity contribution in [2.75, 3.05) is 26.2 Å². The number of nitrogens with one attached hydrogen (secondary N) is 2. The lowest BCUT2D eigenvalue weighted by atomic mass is 10.0. The van der Waals surface area contributed by atoms with E-state index < -0.39 is 0 Å².